The number of aliphatic hydroxyl groups is 1. The fourth-order valence-corrected chi connectivity index (χ4v) is 0.922. The van der Waals surface area contributed by atoms with Gasteiger partial charge in [0.1, 0.15) is 0 Å². The molecule has 0 spiro atoms. The standard InChI is InChI=1S/C7H5ClF3NO2/c8-6-4(13)2-1-3(12-6)5(14)7(9,10)11/h1-2,5,13-14H/t5-/m0/s1. The topological polar surface area (TPSA) is 53.4 Å². The quantitative estimate of drug-likeness (QED) is 0.722. The highest BCUT2D eigenvalue weighted by Crippen LogP contribution is 2.33. The highest BCUT2D eigenvalue weighted by Gasteiger charge is 2.40. The van der Waals surface area contributed by atoms with Crippen molar-refractivity contribution in [1.82, 2.24) is 4.98 Å². The Morgan fingerprint density at radius 3 is 2.36 bits per heavy atom. The molecule has 0 amide bonds. The van der Waals surface area contributed by atoms with Gasteiger partial charge in [-0.3, -0.25) is 0 Å². The third-order valence-corrected chi connectivity index (χ3v) is 1.72. The first-order chi connectivity index (χ1) is 6.32. The van der Waals surface area contributed by atoms with Crippen LogP contribution in [0.15, 0.2) is 12.1 Å². The number of rotatable bonds is 1. The molecule has 3 nitrogen and oxygen atoms in total. The molecule has 78 valence electrons. The third-order valence-electron chi connectivity index (χ3n) is 1.44. The fraction of sp³-hybridized carbons (Fsp3) is 0.286. The Kier molecular flexibility index (Phi) is 2.86. The van der Waals surface area contributed by atoms with Crippen molar-refractivity contribution in [3.63, 3.8) is 0 Å². The van der Waals surface area contributed by atoms with Crippen LogP contribution in [-0.2, 0) is 0 Å². The molecule has 1 aromatic rings. The lowest BCUT2D eigenvalue weighted by molar-refractivity contribution is -0.207. The number of aromatic hydroxyl groups is 1. The molecule has 0 bridgehead atoms. The summed E-state index contributed by atoms with van der Waals surface area (Å²) in [5.41, 5.74) is -0.652. The summed E-state index contributed by atoms with van der Waals surface area (Å²) in [6.07, 6.45) is -7.49. The summed E-state index contributed by atoms with van der Waals surface area (Å²) in [5.74, 6) is -0.440. The second-order valence-electron chi connectivity index (χ2n) is 2.49. The molecular formula is C7H5ClF3NO2. The first-order valence-corrected chi connectivity index (χ1v) is 3.80. The molecule has 0 saturated heterocycles. The van der Waals surface area contributed by atoms with Gasteiger partial charge in [0.05, 0.1) is 5.69 Å². The third kappa shape index (κ3) is 2.27. The maximum Gasteiger partial charge on any atom is 0.420 e. The van der Waals surface area contributed by atoms with Crippen LogP contribution in [0.4, 0.5) is 13.2 Å². The zero-order valence-corrected chi connectivity index (χ0v) is 7.34. The van der Waals surface area contributed by atoms with Gasteiger partial charge < -0.3 is 10.2 Å². The molecular weight excluding hydrogens is 223 g/mol. The Morgan fingerprint density at radius 2 is 1.93 bits per heavy atom. The molecule has 0 unspecified atom stereocenters. The van der Waals surface area contributed by atoms with Gasteiger partial charge in [-0.15, -0.1) is 0 Å². The number of halogens is 4. The van der Waals surface area contributed by atoms with Crippen LogP contribution >= 0.6 is 11.6 Å². The molecule has 0 radical (unpaired) electrons. The summed E-state index contributed by atoms with van der Waals surface area (Å²) in [6.45, 7) is 0. The molecule has 0 aromatic carbocycles. The average molecular weight is 228 g/mol. The van der Waals surface area contributed by atoms with Crippen LogP contribution in [0.3, 0.4) is 0 Å². The predicted molar refractivity (Wildman–Crippen MR) is 41.9 cm³/mol. The maximum atomic E-state index is 12.0. The van der Waals surface area contributed by atoms with E-state index >= 15 is 0 Å². The molecule has 1 rings (SSSR count). The second-order valence-corrected chi connectivity index (χ2v) is 2.85. The monoisotopic (exact) mass is 227 g/mol. The number of aromatic nitrogens is 1. The van der Waals surface area contributed by atoms with Crippen LogP contribution in [0.1, 0.15) is 11.8 Å². The lowest BCUT2D eigenvalue weighted by Gasteiger charge is -2.13. The average Bonchev–Trinajstić information content (AvgIpc) is 2.07. The van der Waals surface area contributed by atoms with Crippen molar-refractivity contribution in [3.8, 4) is 5.75 Å². The summed E-state index contributed by atoms with van der Waals surface area (Å²) in [4.78, 5) is 3.18. The van der Waals surface area contributed by atoms with Crippen molar-refractivity contribution in [3.05, 3.63) is 23.0 Å². The van der Waals surface area contributed by atoms with Crippen molar-refractivity contribution in [1.29, 1.82) is 0 Å². The summed E-state index contributed by atoms with van der Waals surface area (Å²) >= 11 is 5.27. The van der Waals surface area contributed by atoms with Gasteiger partial charge in [-0.05, 0) is 12.1 Å². The fourth-order valence-electron chi connectivity index (χ4n) is 0.761. The first kappa shape index (κ1) is 11.1. The minimum atomic E-state index is -4.80. The molecule has 0 aliphatic rings. The van der Waals surface area contributed by atoms with E-state index < -0.39 is 28.9 Å². The maximum absolute atomic E-state index is 12.0. The minimum Gasteiger partial charge on any atom is -0.505 e. The van der Waals surface area contributed by atoms with E-state index in [1.807, 2.05) is 0 Å². The Labute approximate surface area is 81.8 Å². The lowest BCUT2D eigenvalue weighted by atomic mass is 10.2. The molecule has 14 heavy (non-hydrogen) atoms. The SMILES string of the molecule is Oc1ccc([C@H](O)C(F)(F)F)nc1Cl. The first-order valence-electron chi connectivity index (χ1n) is 3.42. The van der Waals surface area contributed by atoms with Gasteiger partial charge in [0.15, 0.2) is 17.0 Å². The number of hydrogen-bond donors (Lipinski definition) is 2. The van der Waals surface area contributed by atoms with Gasteiger partial charge in [-0.1, -0.05) is 11.6 Å². The van der Waals surface area contributed by atoms with E-state index in [4.69, 9.17) is 21.8 Å². The summed E-state index contributed by atoms with van der Waals surface area (Å²) in [6, 6.07) is 1.78. The van der Waals surface area contributed by atoms with Gasteiger partial charge in [0, 0.05) is 0 Å². The molecule has 1 heterocycles. The highest BCUT2D eigenvalue weighted by atomic mass is 35.5. The van der Waals surface area contributed by atoms with E-state index in [9.17, 15) is 13.2 Å². The number of nitrogens with zero attached hydrogens (tertiary/aromatic N) is 1. The van der Waals surface area contributed by atoms with Crippen LogP contribution in [0.5, 0.6) is 5.75 Å². The number of hydrogen-bond acceptors (Lipinski definition) is 3. The molecule has 0 fully saturated rings. The van der Waals surface area contributed by atoms with Crippen molar-refractivity contribution in [2.24, 2.45) is 0 Å². The van der Waals surface area contributed by atoms with E-state index in [-0.39, 0.29) is 0 Å². The van der Waals surface area contributed by atoms with E-state index in [0.717, 1.165) is 12.1 Å². The van der Waals surface area contributed by atoms with Crippen molar-refractivity contribution in [2.75, 3.05) is 0 Å². The van der Waals surface area contributed by atoms with Crippen LogP contribution < -0.4 is 0 Å². The number of pyridine rings is 1. The highest BCUT2D eigenvalue weighted by molar-refractivity contribution is 6.30. The zero-order valence-electron chi connectivity index (χ0n) is 6.59. The lowest BCUT2D eigenvalue weighted by Crippen LogP contribution is -2.21. The summed E-state index contributed by atoms with van der Waals surface area (Å²) in [7, 11) is 0. The molecule has 1 atom stereocenters. The Morgan fingerprint density at radius 1 is 1.36 bits per heavy atom. The van der Waals surface area contributed by atoms with Crippen LogP contribution in [0.25, 0.3) is 0 Å². The normalized spacial score (nSPS) is 14.1. The molecule has 2 N–H and O–H groups in total. The molecule has 0 aliphatic carbocycles. The van der Waals surface area contributed by atoms with Crippen LogP contribution in [0, 0.1) is 0 Å². The van der Waals surface area contributed by atoms with E-state index in [0.29, 0.717) is 0 Å². The summed E-state index contributed by atoms with van der Waals surface area (Å²) in [5, 5.41) is 17.1. The van der Waals surface area contributed by atoms with E-state index in [1.165, 1.54) is 0 Å². The van der Waals surface area contributed by atoms with Crippen molar-refractivity contribution in [2.45, 2.75) is 12.3 Å². The van der Waals surface area contributed by atoms with Crippen LogP contribution in [0.2, 0.25) is 5.15 Å². The predicted octanol–water partition coefficient (Wildman–Crippen LogP) is 2.04. The van der Waals surface area contributed by atoms with Crippen molar-refractivity contribution < 1.29 is 23.4 Å². The van der Waals surface area contributed by atoms with E-state index in [2.05, 4.69) is 4.98 Å². The van der Waals surface area contributed by atoms with Crippen LogP contribution in [-0.4, -0.2) is 21.4 Å². The Hall–Kier alpha value is -1.01. The zero-order chi connectivity index (χ0) is 10.9. The minimum absolute atomic E-state index is 0.440. The number of alkyl halides is 3. The van der Waals surface area contributed by atoms with Crippen molar-refractivity contribution >= 4 is 11.6 Å². The molecule has 0 saturated carbocycles. The van der Waals surface area contributed by atoms with Gasteiger partial charge in [-0.25, -0.2) is 4.98 Å². The van der Waals surface area contributed by atoms with Gasteiger partial charge in [0.2, 0.25) is 0 Å². The summed E-state index contributed by atoms with van der Waals surface area (Å²) < 4.78 is 35.9. The second kappa shape index (κ2) is 3.62. The smallest absolute Gasteiger partial charge is 0.420 e. The molecule has 1 aromatic heterocycles. The largest absolute Gasteiger partial charge is 0.505 e. The Balaban J connectivity index is 3.03. The molecule has 0 aliphatic heterocycles. The number of aliphatic hydroxyl groups excluding tert-OH is 1. The van der Waals surface area contributed by atoms with Gasteiger partial charge >= 0.3 is 6.18 Å². The van der Waals surface area contributed by atoms with E-state index in [1.54, 1.807) is 0 Å². The Bertz CT molecular complexity index is 342. The van der Waals surface area contributed by atoms with Gasteiger partial charge in [0.25, 0.3) is 0 Å². The molecule has 7 heteroatoms. The van der Waals surface area contributed by atoms with Gasteiger partial charge in [-0.2, -0.15) is 13.2 Å².